The molecule has 21 heavy (non-hydrogen) atoms. The van der Waals surface area contributed by atoms with Crippen LogP contribution >= 0.6 is 0 Å². The quantitative estimate of drug-likeness (QED) is 0.424. The summed E-state index contributed by atoms with van der Waals surface area (Å²) in [4.78, 5) is 26.0. The first-order chi connectivity index (χ1) is 10.3. The van der Waals surface area contributed by atoms with Gasteiger partial charge >= 0.3 is 0 Å². The van der Waals surface area contributed by atoms with Crippen molar-refractivity contribution in [3.05, 3.63) is 52.9 Å². The van der Waals surface area contributed by atoms with Crippen molar-refractivity contribution in [3.8, 4) is 0 Å². The third-order valence-corrected chi connectivity index (χ3v) is 3.46. The Kier molecular flexibility index (Phi) is 2.38. The van der Waals surface area contributed by atoms with E-state index >= 15 is 0 Å². The highest BCUT2D eigenvalue weighted by molar-refractivity contribution is 5.90. The molecule has 4 rings (SSSR count). The minimum atomic E-state index is -0.158. The van der Waals surface area contributed by atoms with Crippen molar-refractivity contribution >= 4 is 33.5 Å². The van der Waals surface area contributed by atoms with Crippen molar-refractivity contribution in [3.63, 3.8) is 0 Å². The lowest BCUT2D eigenvalue weighted by Gasteiger charge is -2.09. The molecule has 0 unspecified atom stereocenters. The number of nitrogens with one attached hydrogen (secondary N) is 1. The van der Waals surface area contributed by atoms with Gasteiger partial charge in [-0.05, 0) is 24.3 Å². The molecule has 1 N–H and O–H groups in total. The summed E-state index contributed by atoms with van der Waals surface area (Å²) in [6.45, 7) is 0. The summed E-state index contributed by atoms with van der Waals surface area (Å²) in [5.41, 5.74) is 1.02. The average molecular weight is 277 g/mol. The molecule has 0 amide bonds. The van der Waals surface area contributed by atoms with Crippen LogP contribution in [0.15, 0.2) is 47.4 Å². The molecule has 0 radical (unpaired) electrons. The summed E-state index contributed by atoms with van der Waals surface area (Å²) in [5.74, 6) is 0.995. The Morgan fingerprint density at radius 1 is 1.05 bits per heavy atom. The number of rotatable bonds is 1. The lowest BCUT2D eigenvalue weighted by Crippen LogP contribution is -2.18. The van der Waals surface area contributed by atoms with Gasteiger partial charge in [-0.2, -0.15) is 4.98 Å². The van der Waals surface area contributed by atoms with Crippen LogP contribution in [-0.2, 0) is 0 Å². The van der Waals surface area contributed by atoms with Crippen LogP contribution in [0.1, 0.15) is 0 Å². The Morgan fingerprint density at radius 2 is 1.86 bits per heavy atom. The van der Waals surface area contributed by atoms with Crippen LogP contribution in [0, 0.1) is 0 Å². The fourth-order valence-electron chi connectivity index (χ4n) is 2.50. The Balaban J connectivity index is 2.35. The minimum Gasteiger partial charge on any atom is -0.372 e. The molecular weight excluding hydrogens is 266 g/mol. The topological polar surface area (TPSA) is 72.2 Å². The van der Waals surface area contributed by atoms with Gasteiger partial charge in [0.1, 0.15) is 5.82 Å². The molecule has 0 aliphatic rings. The fraction of sp³-hybridized carbons (Fsp3) is 0.0667. The van der Waals surface area contributed by atoms with Crippen molar-refractivity contribution < 1.29 is 0 Å². The zero-order valence-electron chi connectivity index (χ0n) is 11.2. The van der Waals surface area contributed by atoms with Crippen LogP contribution in [0.25, 0.3) is 27.7 Å². The molecule has 0 saturated heterocycles. The second-order valence-corrected chi connectivity index (χ2v) is 4.65. The molecule has 0 aliphatic carbocycles. The van der Waals surface area contributed by atoms with Crippen molar-refractivity contribution in [2.45, 2.75) is 0 Å². The van der Waals surface area contributed by atoms with E-state index in [0.29, 0.717) is 28.1 Å². The molecule has 0 bridgehead atoms. The molecule has 6 heteroatoms. The highest BCUT2D eigenvalue weighted by Crippen LogP contribution is 2.20. The Hall–Kier alpha value is -3.02. The van der Waals surface area contributed by atoms with Crippen LogP contribution in [0.4, 0.5) is 5.82 Å². The van der Waals surface area contributed by atoms with Gasteiger partial charge in [0.25, 0.3) is 5.56 Å². The third kappa shape index (κ3) is 1.59. The molecule has 3 heterocycles. The van der Waals surface area contributed by atoms with Crippen LogP contribution in [0.2, 0.25) is 0 Å². The second kappa shape index (κ2) is 4.24. The normalized spacial score (nSPS) is 11.3. The first-order valence-electron chi connectivity index (χ1n) is 6.53. The van der Waals surface area contributed by atoms with E-state index in [2.05, 4.69) is 20.3 Å². The lowest BCUT2D eigenvalue weighted by atomic mass is 10.2. The fourth-order valence-corrected chi connectivity index (χ4v) is 2.50. The largest absolute Gasteiger partial charge is 0.372 e. The van der Waals surface area contributed by atoms with Crippen LogP contribution in [0.5, 0.6) is 0 Å². The zero-order chi connectivity index (χ0) is 14.4. The number of pyridine rings is 1. The molecule has 3 aromatic heterocycles. The van der Waals surface area contributed by atoms with Gasteiger partial charge in [0.2, 0.25) is 5.78 Å². The van der Waals surface area contributed by atoms with E-state index in [1.807, 2.05) is 24.3 Å². The van der Waals surface area contributed by atoms with E-state index < -0.39 is 0 Å². The molecule has 1 aromatic carbocycles. The molecular formula is C15H11N5O. The SMILES string of the molecule is CNc1nc2nc3ccccc3c(=O)n2c2ncccc12. The van der Waals surface area contributed by atoms with Gasteiger partial charge < -0.3 is 5.32 Å². The van der Waals surface area contributed by atoms with Gasteiger partial charge in [-0.3, -0.25) is 4.79 Å². The number of anilines is 1. The average Bonchev–Trinajstić information content (AvgIpc) is 2.54. The van der Waals surface area contributed by atoms with Gasteiger partial charge in [0.15, 0.2) is 5.65 Å². The molecule has 6 nitrogen and oxygen atoms in total. The van der Waals surface area contributed by atoms with Gasteiger partial charge in [0, 0.05) is 13.2 Å². The monoisotopic (exact) mass is 277 g/mol. The minimum absolute atomic E-state index is 0.158. The highest BCUT2D eigenvalue weighted by Gasteiger charge is 2.12. The van der Waals surface area contributed by atoms with E-state index in [0.717, 1.165) is 5.39 Å². The van der Waals surface area contributed by atoms with Crippen molar-refractivity contribution in [2.75, 3.05) is 12.4 Å². The summed E-state index contributed by atoms with van der Waals surface area (Å²) in [7, 11) is 1.78. The maximum atomic E-state index is 12.7. The van der Waals surface area contributed by atoms with Gasteiger partial charge in [0.05, 0.1) is 16.3 Å². The van der Waals surface area contributed by atoms with E-state index in [4.69, 9.17) is 0 Å². The Bertz CT molecular complexity index is 1050. The van der Waals surface area contributed by atoms with Crippen LogP contribution in [0.3, 0.4) is 0 Å². The Labute approximate surface area is 119 Å². The number of fused-ring (bicyclic) bond motifs is 4. The number of nitrogens with zero attached hydrogens (tertiary/aromatic N) is 4. The second-order valence-electron chi connectivity index (χ2n) is 4.65. The van der Waals surface area contributed by atoms with E-state index in [1.165, 1.54) is 4.40 Å². The first-order valence-corrected chi connectivity index (χ1v) is 6.53. The Morgan fingerprint density at radius 3 is 2.71 bits per heavy atom. The maximum Gasteiger partial charge on any atom is 0.268 e. The first kappa shape index (κ1) is 11.8. The number of benzene rings is 1. The number of para-hydroxylation sites is 1. The number of aromatic nitrogens is 4. The smallest absolute Gasteiger partial charge is 0.268 e. The molecule has 102 valence electrons. The molecule has 0 aliphatic heterocycles. The lowest BCUT2D eigenvalue weighted by molar-refractivity contribution is 1.05. The molecule has 0 atom stereocenters. The van der Waals surface area contributed by atoms with Crippen molar-refractivity contribution in [2.24, 2.45) is 0 Å². The molecule has 0 spiro atoms. The van der Waals surface area contributed by atoms with E-state index in [1.54, 1.807) is 25.4 Å². The summed E-state index contributed by atoms with van der Waals surface area (Å²) >= 11 is 0. The molecule has 4 aromatic rings. The molecule has 0 fully saturated rings. The standard InChI is InChI=1S/C15H11N5O/c1-16-12-10-6-4-8-17-13(10)20-14(21)9-5-2-3-7-11(9)18-15(20)19-12/h2-8H,1H3,(H,16,18,19). The van der Waals surface area contributed by atoms with E-state index in [-0.39, 0.29) is 5.56 Å². The third-order valence-electron chi connectivity index (χ3n) is 3.46. The van der Waals surface area contributed by atoms with Gasteiger partial charge in [-0.25, -0.2) is 14.4 Å². The predicted octanol–water partition coefficient (Wildman–Crippen LogP) is 1.83. The summed E-state index contributed by atoms with van der Waals surface area (Å²) in [6.07, 6.45) is 1.66. The van der Waals surface area contributed by atoms with Crippen LogP contribution in [-0.4, -0.2) is 26.4 Å². The number of hydrogen-bond acceptors (Lipinski definition) is 5. The molecule has 0 saturated carbocycles. The van der Waals surface area contributed by atoms with Crippen molar-refractivity contribution in [1.29, 1.82) is 0 Å². The summed E-state index contributed by atoms with van der Waals surface area (Å²) in [6, 6.07) is 10.9. The predicted molar refractivity (Wildman–Crippen MR) is 81.6 cm³/mol. The van der Waals surface area contributed by atoms with Gasteiger partial charge in [-0.1, -0.05) is 12.1 Å². The summed E-state index contributed by atoms with van der Waals surface area (Å²) in [5, 5.41) is 4.36. The van der Waals surface area contributed by atoms with Crippen molar-refractivity contribution in [1.82, 2.24) is 19.4 Å². The summed E-state index contributed by atoms with van der Waals surface area (Å²) < 4.78 is 1.46. The number of hydrogen-bond donors (Lipinski definition) is 1. The van der Waals surface area contributed by atoms with Gasteiger partial charge in [-0.15, -0.1) is 0 Å². The highest BCUT2D eigenvalue weighted by atomic mass is 16.1. The maximum absolute atomic E-state index is 12.7. The van der Waals surface area contributed by atoms with E-state index in [9.17, 15) is 4.79 Å². The van der Waals surface area contributed by atoms with Crippen LogP contribution < -0.4 is 10.9 Å². The zero-order valence-corrected chi connectivity index (χ0v) is 11.2.